The summed E-state index contributed by atoms with van der Waals surface area (Å²) >= 11 is 1.39. The molecule has 2 unspecified atom stereocenters. The largest absolute Gasteiger partial charge is 0.497 e. The average molecular weight is 515 g/mol. The zero-order chi connectivity index (χ0) is 25.0. The van der Waals surface area contributed by atoms with Crippen molar-refractivity contribution in [1.29, 1.82) is 0 Å². The summed E-state index contributed by atoms with van der Waals surface area (Å²) in [7, 11) is -0.367. The summed E-state index contributed by atoms with van der Waals surface area (Å²) < 4.78 is 38.8. The van der Waals surface area contributed by atoms with Gasteiger partial charge in [0.1, 0.15) is 11.5 Å². The number of nitrogens with one attached hydrogen (secondary N) is 1. The van der Waals surface area contributed by atoms with Crippen LogP contribution in [0.25, 0.3) is 11.3 Å². The highest BCUT2D eigenvalue weighted by Crippen LogP contribution is 2.30. The Kier molecular flexibility index (Phi) is 7.73. The van der Waals surface area contributed by atoms with Crippen LogP contribution >= 0.6 is 11.3 Å². The van der Waals surface area contributed by atoms with Crippen molar-refractivity contribution < 1.29 is 17.9 Å². The lowest BCUT2D eigenvalue weighted by Crippen LogP contribution is -2.42. The molecule has 0 aliphatic carbocycles. The minimum absolute atomic E-state index is 0.295. The van der Waals surface area contributed by atoms with Crippen molar-refractivity contribution in [2.75, 3.05) is 32.7 Å². The maximum atomic E-state index is 13.3. The van der Waals surface area contributed by atoms with Crippen molar-refractivity contribution in [1.82, 2.24) is 9.29 Å². The van der Waals surface area contributed by atoms with Crippen molar-refractivity contribution >= 4 is 32.7 Å². The third-order valence-electron chi connectivity index (χ3n) is 5.91. The Balaban J connectivity index is 1.48. The predicted octanol–water partition coefficient (Wildman–Crippen LogP) is 4.94. The van der Waals surface area contributed by atoms with Crippen LogP contribution in [-0.4, -0.2) is 51.2 Å². The molecule has 35 heavy (non-hydrogen) atoms. The summed E-state index contributed by atoms with van der Waals surface area (Å²) in [6.45, 7) is 5.31. The molecule has 4 rings (SSSR count). The standard InChI is InChI=1S/C25H30N4O4S2/c1-17-10-18(2)15-29(14-17)35(30,31)22-7-5-6-19(11-22)23-16-34-25(27-23)28-26-13-20-8-9-21(32-3)12-24(20)33-4/h5-9,11-13,16-18H,10,14-15H2,1-4H3,(H,27,28). The predicted molar refractivity (Wildman–Crippen MR) is 140 cm³/mol. The first kappa shape index (κ1) is 25.2. The number of rotatable bonds is 8. The Labute approximate surface area is 210 Å². The SMILES string of the molecule is COc1ccc(C=NNc2nc(-c3cccc(S(=O)(=O)N4CC(C)CC(C)C4)c3)cs2)c(OC)c1. The third-order valence-corrected chi connectivity index (χ3v) is 8.49. The van der Waals surface area contributed by atoms with Gasteiger partial charge in [0.05, 0.1) is 31.0 Å². The number of anilines is 1. The highest BCUT2D eigenvalue weighted by Gasteiger charge is 2.31. The molecule has 8 nitrogen and oxygen atoms in total. The van der Waals surface area contributed by atoms with E-state index in [1.54, 1.807) is 49.0 Å². The highest BCUT2D eigenvalue weighted by atomic mass is 32.2. The number of aromatic nitrogens is 1. The fourth-order valence-electron chi connectivity index (χ4n) is 4.31. The van der Waals surface area contributed by atoms with Crippen LogP contribution in [0.5, 0.6) is 11.5 Å². The Bertz CT molecular complexity index is 1300. The Morgan fingerprint density at radius 1 is 1.11 bits per heavy atom. The second-order valence-electron chi connectivity index (χ2n) is 8.81. The average Bonchev–Trinajstić information content (AvgIpc) is 3.32. The summed E-state index contributed by atoms with van der Waals surface area (Å²) in [6.07, 6.45) is 2.70. The number of thiazole rings is 1. The van der Waals surface area contributed by atoms with Crippen molar-refractivity contribution in [3.8, 4) is 22.8 Å². The van der Waals surface area contributed by atoms with Gasteiger partial charge in [0.2, 0.25) is 15.2 Å². The van der Waals surface area contributed by atoms with Crippen LogP contribution in [0.1, 0.15) is 25.8 Å². The number of ether oxygens (including phenoxy) is 2. The lowest BCUT2D eigenvalue weighted by atomic mass is 9.94. The second kappa shape index (κ2) is 10.8. The molecule has 2 atom stereocenters. The van der Waals surface area contributed by atoms with Gasteiger partial charge in [0.25, 0.3) is 0 Å². The molecule has 0 bridgehead atoms. The van der Waals surface area contributed by atoms with Crippen molar-refractivity contribution in [2.24, 2.45) is 16.9 Å². The van der Waals surface area contributed by atoms with Crippen LogP contribution in [-0.2, 0) is 10.0 Å². The Morgan fingerprint density at radius 3 is 2.60 bits per heavy atom. The zero-order valence-corrected chi connectivity index (χ0v) is 21.9. The number of hydrazone groups is 1. The number of piperidine rings is 1. The first-order valence-electron chi connectivity index (χ1n) is 11.4. The molecule has 2 heterocycles. The van der Waals surface area contributed by atoms with Crippen LogP contribution in [0.2, 0.25) is 0 Å². The monoisotopic (exact) mass is 514 g/mol. The molecular formula is C25H30N4O4S2. The molecular weight excluding hydrogens is 484 g/mol. The maximum Gasteiger partial charge on any atom is 0.243 e. The van der Waals surface area contributed by atoms with Gasteiger partial charge in [-0.25, -0.2) is 13.4 Å². The molecule has 3 aromatic rings. The highest BCUT2D eigenvalue weighted by molar-refractivity contribution is 7.89. The molecule has 1 aromatic heterocycles. The second-order valence-corrected chi connectivity index (χ2v) is 11.6. The number of benzene rings is 2. The maximum absolute atomic E-state index is 13.3. The zero-order valence-electron chi connectivity index (χ0n) is 20.3. The molecule has 1 N–H and O–H groups in total. The molecule has 1 fully saturated rings. The fourth-order valence-corrected chi connectivity index (χ4v) is 6.70. The lowest BCUT2D eigenvalue weighted by molar-refractivity contribution is 0.222. The summed E-state index contributed by atoms with van der Waals surface area (Å²) in [5.41, 5.74) is 5.15. The van der Waals surface area contributed by atoms with E-state index >= 15 is 0 Å². The van der Waals surface area contributed by atoms with Gasteiger partial charge in [-0.05, 0) is 42.5 Å². The van der Waals surface area contributed by atoms with Gasteiger partial charge in [0, 0.05) is 35.7 Å². The molecule has 0 spiro atoms. The van der Waals surface area contributed by atoms with E-state index in [4.69, 9.17) is 9.47 Å². The van der Waals surface area contributed by atoms with E-state index < -0.39 is 10.0 Å². The minimum Gasteiger partial charge on any atom is -0.497 e. The van der Waals surface area contributed by atoms with Gasteiger partial charge in [-0.15, -0.1) is 11.3 Å². The molecule has 10 heteroatoms. The van der Waals surface area contributed by atoms with Crippen molar-refractivity contribution in [2.45, 2.75) is 25.2 Å². The molecule has 1 saturated heterocycles. The van der Waals surface area contributed by atoms with Gasteiger partial charge in [-0.1, -0.05) is 26.0 Å². The molecule has 0 saturated carbocycles. The molecule has 1 aliphatic heterocycles. The Hall–Kier alpha value is -2.95. The fraction of sp³-hybridized carbons (Fsp3) is 0.360. The summed E-state index contributed by atoms with van der Waals surface area (Å²) in [5.74, 6) is 2.04. The van der Waals surface area contributed by atoms with Crippen LogP contribution in [0, 0.1) is 11.8 Å². The molecule has 186 valence electrons. The van der Waals surface area contributed by atoms with Gasteiger partial charge < -0.3 is 9.47 Å². The summed E-state index contributed by atoms with van der Waals surface area (Å²) in [5, 5.41) is 6.74. The van der Waals surface area contributed by atoms with E-state index in [0.29, 0.717) is 52.1 Å². The summed E-state index contributed by atoms with van der Waals surface area (Å²) in [6, 6.07) is 12.5. The number of methoxy groups -OCH3 is 2. The first-order valence-corrected chi connectivity index (χ1v) is 13.7. The lowest BCUT2D eigenvalue weighted by Gasteiger charge is -2.34. The molecule has 0 radical (unpaired) electrons. The van der Waals surface area contributed by atoms with E-state index in [-0.39, 0.29) is 0 Å². The van der Waals surface area contributed by atoms with Crippen LogP contribution in [0.4, 0.5) is 5.13 Å². The number of hydrogen-bond acceptors (Lipinski definition) is 8. The van der Waals surface area contributed by atoms with Crippen LogP contribution < -0.4 is 14.9 Å². The van der Waals surface area contributed by atoms with E-state index in [9.17, 15) is 8.42 Å². The topological polar surface area (TPSA) is 93.1 Å². The van der Waals surface area contributed by atoms with E-state index in [0.717, 1.165) is 17.5 Å². The number of hydrogen-bond donors (Lipinski definition) is 1. The third kappa shape index (κ3) is 5.83. The van der Waals surface area contributed by atoms with Crippen LogP contribution in [0.3, 0.4) is 0 Å². The summed E-state index contributed by atoms with van der Waals surface area (Å²) in [4.78, 5) is 4.87. The molecule has 1 aliphatic rings. The minimum atomic E-state index is -3.56. The van der Waals surface area contributed by atoms with E-state index in [1.807, 2.05) is 23.6 Å². The molecule has 2 aromatic carbocycles. The normalized spacial score (nSPS) is 19.1. The van der Waals surface area contributed by atoms with Crippen molar-refractivity contribution in [3.05, 3.63) is 53.4 Å². The smallest absolute Gasteiger partial charge is 0.243 e. The Morgan fingerprint density at radius 2 is 1.89 bits per heavy atom. The quantitative estimate of drug-likeness (QED) is 0.338. The van der Waals surface area contributed by atoms with Gasteiger partial charge in [0.15, 0.2) is 0 Å². The van der Waals surface area contributed by atoms with Gasteiger partial charge in [-0.2, -0.15) is 9.41 Å². The van der Waals surface area contributed by atoms with Crippen molar-refractivity contribution in [3.63, 3.8) is 0 Å². The van der Waals surface area contributed by atoms with E-state index in [1.165, 1.54) is 11.3 Å². The number of nitrogens with zero attached hydrogens (tertiary/aromatic N) is 3. The van der Waals surface area contributed by atoms with Gasteiger partial charge in [-0.3, -0.25) is 5.43 Å². The van der Waals surface area contributed by atoms with Crippen LogP contribution in [0.15, 0.2) is 57.8 Å². The van der Waals surface area contributed by atoms with E-state index in [2.05, 4.69) is 29.4 Å². The molecule has 0 amide bonds. The number of sulfonamides is 1. The van der Waals surface area contributed by atoms with Gasteiger partial charge >= 0.3 is 0 Å². The first-order chi connectivity index (χ1) is 16.8.